The van der Waals surface area contributed by atoms with Gasteiger partial charge in [0.1, 0.15) is 5.76 Å². The molecule has 3 heteroatoms. The van der Waals surface area contributed by atoms with Crippen molar-refractivity contribution in [3.8, 4) is 0 Å². The van der Waals surface area contributed by atoms with Crippen molar-refractivity contribution in [3.63, 3.8) is 0 Å². The standard InChI is InChI=1S/C12H19NO2/c1-2-13-7-5-12(14,6-8-13)10-11-4-3-9-15-11/h3-4,9,14H,2,5-8,10H2,1H3. The maximum absolute atomic E-state index is 10.4. The summed E-state index contributed by atoms with van der Waals surface area (Å²) < 4.78 is 5.28. The molecule has 0 saturated carbocycles. The highest BCUT2D eigenvalue weighted by molar-refractivity contribution is 5.04. The Kier molecular flexibility index (Phi) is 3.12. The fourth-order valence-electron chi connectivity index (χ4n) is 2.20. The monoisotopic (exact) mass is 209 g/mol. The van der Waals surface area contributed by atoms with E-state index in [4.69, 9.17) is 4.42 Å². The van der Waals surface area contributed by atoms with Gasteiger partial charge in [0, 0.05) is 19.5 Å². The Morgan fingerprint density at radius 1 is 1.47 bits per heavy atom. The van der Waals surface area contributed by atoms with Crippen LogP contribution >= 0.6 is 0 Å². The lowest BCUT2D eigenvalue weighted by molar-refractivity contribution is -0.0227. The van der Waals surface area contributed by atoms with Crippen molar-refractivity contribution in [2.75, 3.05) is 19.6 Å². The van der Waals surface area contributed by atoms with Gasteiger partial charge in [-0.05, 0) is 31.5 Å². The molecule has 0 aromatic carbocycles. The first-order valence-corrected chi connectivity index (χ1v) is 5.69. The van der Waals surface area contributed by atoms with Gasteiger partial charge in [0.05, 0.1) is 11.9 Å². The summed E-state index contributed by atoms with van der Waals surface area (Å²) in [5.41, 5.74) is -0.552. The molecular weight excluding hydrogens is 190 g/mol. The van der Waals surface area contributed by atoms with Crippen molar-refractivity contribution in [2.24, 2.45) is 0 Å². The van der Waals surface area contributed by atoms with Crippen molar-refractivity contribution in [2.45, 2.75) is 31.8 Å². The second-order valence-corrected chi connectivity index (χ2v) is 4.41. The van der Waals surface area contributed by atoms with Crippen LogP contribution in [0.15, 0.2) is 22.8 Å². The predicted molar refractivity (Wildman–Crippen MR) is 58.7 cm³/mol. The molecule has 1 aliphatic rings. The van der Waals surface area contributed by atoms with E-state index in [1.54, 1.807) is 6.26 Å². The zero-order valence-electron chi connectivity index (χ0n) is 9.28. The molecule has 0 spiro atoms. The first kappa shape index (κ1) is 10.7. The molecule has 0 amide bonds. The smallest absolute Gasteiger partial charge is 0.106 e. The topological polar surface area (TPSA) is 36.6 Å². The van der Waals surface area contributed by atoms with Gasteiger partial charge in [-0.2, -0.15) is 0 Å². The molecule has 3 nitrogen and oxygen atoms in total. The van der Waals surface area contributed by atoms with E-state index in [0.29, 0.717) is 6.42 Å². The van der Waals surface area contributed by atoms with Gasteiger partial charge < -0.3 is 14.4 Å². The number of furan rings is 1. The SMILES string of the molecule is CCN1CCC(O)(Cc2ccco2)CC1. The molecule has 0 radical (unpaired) electrons. The molecule has 1 aromatic heterocycles. The summed E-state index contributed by atoms with van der Waals surface area (Å²) in [6.45, 7) is 5.23. The van der Waals surface area contributed by atoms with Gasteiger partial charge in [-0.1, -0.05) is 6.92 Å². The van der Waals surface area contributed by atoms with Crippen LogP contribution in [0.3, 0.4) is 0 Å². The van der Waals surface area contributed by atoms with Crippen LogP contribution in [0.5, 0.6) is 0 Å². The summed E-state index contributed by atoms with van der Waals surface area (Å²) in [5, 5.41) is 10.4. The highest BCUT2D eigenvalue weighted by Crippen LogP contribution is 2.26. The van der Waals surface area contributed by atoms with E-state index in [9.17, 15) is 5.11 Å². The quantitative estimate of drug-likeness (QED) is 0.822. The molecule has 1 fully saturated rings. The summed E-state index contributed by atoms with van der Waals surface area (Å²) in [4.78, 5) is 2.37. The highest BCUT2D eigenvalue weighted by Gasteiger charge is 2.32. The van der Waals surface area contributed by atoms with Gasteiger partial charge in [-0.15, -0.1) is 0 Å². The van der Waals surface area contributed by atoms with Gasteiger partial charge in [0.2, 0.25) is 0 Å². The van der Waals surface area contributed by atoms with E-state index in [-0.39, 0.29) is 0 Å². The number of aliphatic hydroxyl groups is 1. The Hall–Kier alpha value is -0.800. The molecule has 1 aliphatic heterocycles. The van der Waals surface area contributed by atoms with E-state index < -0.39 is 5.60 Å². The molecule has 1 aromatic rings. The van der Waals surface area contributed by atoms with Crippen molar-refractivity contribution in [1.82, 2.24) is 4.90 Å². The Labute approximate surface area is 90.7 Å². The number of hydrogen-bond acceptors (Lipinski definition) is 3. The molecular formula is C12H19NO2. The Bertz CT molecular complexity index is 287. The number of hydrogen-bond donors (Lipinski definition) is 1. The zero-order chi connectivity index (χ0) is 10.7. The number of likely N-dealkylation sites (tertiary alicyclic amines) is 1. The van der Waals surface area contributed by atoms with Crippen LogP contribution in [0.1, 0.15) is 25.5 Å². The summed E-state index contributed by atoms with van der Waals surface area (Å²) in [6, 6.07) is 3.81. The van der Waals surface area contributed by atoms with E-state index in [2.05, 4.69) is 11.8 Å². The normalized spacial score (nSPS) is 21.7. The second-order valence-electron chi connectivity index (χ2n) is 4.41. The van der Waals surface area contributed by atoms with E-state index >= 15 is 0 Å². The highest BCUT2D eigenvalue weighted by atomic mass is 16.3. The fourth-order valence-corrected chi connectivity index (χ4v) is 2.20. The maximum atomic E-state index is 10.4. The molecule has 0 atom stereocenters. The first-order valence-electron chi connectivity index (χ1n) is 5.69. The number of nitrogens with zero attached hydrogens (tertiary/aromatic N) is 1. The van der Waals surface area contributed by atoms with Gasteiger partial charge in [0.15, 0.2) is 0 Å². The minimum absolute atomic E-state index is 0.552. The largest absolute Gasteiger partial charge is 0.469 e. The summed E-state index contributed by atoms with van der Waals surface area (Å²) >= 11 is 0. The maximum Gasteiger partial charge on any atom is 0.106 e. The van der Waals surface area contributed by atoms with Crippen molar-refractivity contribution in [3.05, 3.63) is 24.2 Å². The second kappa shape index (κ2) is 4.37. The first-order chi connectivity index (χ1) is 7.22. The van der Waals surface area contributed by atoms with Gasteiger partial charge in [-0.3, -0.25) is 0 Å². The lowest BCUT2D eigenvalue weighted by Crippen LogP contribution is -2.45. The third kappa shape index (κ3) is 2.61. The lowest BCUT2D eigenvalue weighted by atomic mass is 9.87. The van der Waals surface area contributed by atoms with Crippen molar-refractivity contribution >= 4 is 0 Å². The van der Waals surface area contributed by atoms with Crippen LogP contribution in [-0.2, 0) is 6.42 Å². The van der Waals surface area contributed by atoms with E-state index in [1.165, 1.54) is 0 Å². The number of piperidine rings is 1. The van der Waals surface area contributed by atoms with Crippen molar-refractivity contribution < 1.29 is 9.52 Å². The van der Waals surface area contributed by atoms with Crippen LogP contribution in [0.2, 0.25) is 0 Å². The minimum Gasteiger partial charge on any atom is -0.469 e. The summed E-state index contributed by atoms with van der Waals surface area (Å²) in [7, 11) is 0. The van der Waals surface area contributed by atoms with E-state index in [0.717, 1.165) is 38.2 Å². The van der Waals surface area contributed by atoms with Crippen LogP contribution < -0.4 is 0 Å². The molecule has 2 rings (SSSR count). The Balaban J connectivity index is 1.92. The molecule has 15 heavy (non-hydrogen) atoms. The fraction of sp³-hybridized carbons (Fsp3) is 0.667. The third-order valence-electron chi connectivity index (χ3n) is 3.32. The van der Waals surface area contributed by atoms with Gasteiger partial charge in [0.25, 0.3) is 0 Å². The van der Waals surface area contributed by atoms with Gasteiger partial charge in [-0.25, -0.2) is 0 Å². The van der Waals surface area contributed by atoms with Crippen molar-refractivity contribution in [1.29, 1.82) is 0 Å². The van der Waals surface area contributed by atoms with Crippen LogP contribution in [0, 0.1) is 0 Å². The Morgan fingerprint density at radius 3 is 2.73 bits per heavy atom. The summed E-state index contributed by atoms with van der Waals surface area (Å²) in [6.07, 6.45) is 4.01. The van der Waals surface area contributed by atoms with Gasteiger partial charge >= 0.3 is 0 Å². The van der Waals surface area contributed by atoms with Crippen LogP contribution in [0.25, 0.3) is 0 Å². The third-order valence-corrected chi connectivity index (χ3v) is 3.32. The van der Waals surface area contributed by atoms with Crippen LogP contribution in [0.4, 0.5) is 0 Å². The summed E-state index contributed by atoms with van der Waals surface area (Å²) in [5.74, 6) is 0.891. The average Bonchev–Trinajstić information content (AvgIpc) is 2.71. The van der Waals surface area contributed by atoms with E-state index in [1.807, 2.05) is 12.1 Å². The Morgan fingerprint density at radius 2 is 2.20 bits per heavy atom. The average molecular weight is 209 g/mol. The molecule has 0 bridgehead atoms. The molecule has 2 heterocycles. The molecule has 0 unspecified atom stereocenters. The number of rotatable bonds is 3. The molecule has 1 saturated heterocycles. The zero-order valence-corrected chi connectivity index (χ0v) is 9.28. The molecule has 84 valence electrons. The lowest BCUT2D eigenvalue weighted by Gasteiger charge is -2.37. The molecule has 1 N–H and O–H groups in total. The predicted octanol–water partition coefficient (Wildman–Crippen LogP) is 1.67. The minimum atomic E-state index is -0.552. The molecule has 0 aliphatic carbocycles. The van der Waals surface area contributed by atoms with Crippen LogP contribution in [-0.4, -0.2) is 35.2 Å².